The van der Waals surface area contributed by atoms with Crippen molar-refractivity contribution < 1.29 is 9.47 Å². The molecule has 0 aliphatic carbocycles. The molecule has 0 atom stereocenters. The van der Waals surface area contributed by atoms with Gasteiger partial charge in [0.05, 0.1) is 18.1 Å². The molecule has 4 aromatic carbocycles. The molecule has 6 aromatic rings. The molecule has 2 heterocycles. The Bertz CT molecular complexity index is 1780. The van der Waals surface area contributed by atoms with Crippen LogP contribution in [0.4, 0.5) is 0 Å². The van der Waals surface area contributed by atoms with Gasteiger partial charge < -0.3 is 9.47 Å². The van der Waals surface area contributed by atoms with Crippen LogP contribution in [0.3, 0.4) is 0 Å². The number of fused-ring (bicyclic) bond motifs is 3. The molecule has 0 fully saturated rings. The van der Waals surface area contributed by atoms with Gasteiger partial charge in [-0.05, 0) is 65.1 Å². The molecule has 38 heavy (non-hydrogen) atoms. The minimum absolute atomic E-state index is 0.0250. The lowest BCUT2D eigenvalue weighted by Gasteiger charge is -2.20. The highest BCUT2D eigenvalue weighted by atomic mass is 16.5. The highest BCUT2D eigenvalue weighted by Crippen LogP contribution is 2.37. The quantitative estimate of drug-likeness (QED) is 0.238. The number of methoxy groups -OCH3 is 1. The van der Waals surface area contributed by atoms with Gasteiger partial charge in [-0.3, -0.25) is 4.57 Å². The van der Waals surface area contributed by atoms with Crippen molar-refractivity contribution in [3.63, 3.8) is 0 Å². The van der Waals surface area contributed by atoms with Crippen LogP contribution in [0.15, 0.2) is 109 Å². The molecule has 0 aliphatic heterocycles. The fraction of sp³-hybridized carbons (Fsp3) is 0.147. The third kappa shape index (κ3) is 4.28. The summed E-state index contributed by atoms with van der Waals surface area (Å²) in [6.45, 7) is 6.68. The molecule has 0 spiro atoms. The zero-order valence-corrected chi connectivity index (χ0v) is 22.1. The van der Waals surface area contributed by atoms with Crippen molar-refractivity contribution in [2.75, 3.05) is 7.11 Å². The van der Waals surface area contributed by atoms with Gasteiger partial charge in [0, 0.05) is 28.6 Å². The monoisotopic (exact) mass is 498 g/mol. The Kier molecular flexibility index (Phi) is 5.88. The van der Waals surface area contributed by atoms with E-state index in [4.69, 9.17) is 14.5 Å². The Balaban J connectivity index is 1.46. The molecule has 188 valence electrons. The minimum atomic E-state index is 0.0250. The first-order valence-corrected chi connectivity index (χ1v) is 12.8. The van der Waals surface area contributed by atoms with Crippen LogP contribution in [0, 0.1) is 0 Å². The summed E-state index contributed by atoms with van der Waals surface area (Å²) in [5.74, 6) is 3.27. The van der Waals surface area contributed by atoms with E-state index < -0.39 is 0 Å². The van der Waals surface area contributed by atoms with Crippen LogP contribution in [0.2, 0.25) is 0 Å². The number of aromatic nitrogens is 2. The lowest BCUT2D eigenvalue weighted by atomic mass is 9.88. The Morgan fingerprint density at radius 2 is 1.45 bits per heavy atom. The van der Waals surface area contributed by atoms with Gasteiger partial charge in [0.1, 0.15) is 23.1 Å². The predicted molar refractivity (Wildman–Crippen MR) is 156 cm³/mol. The maximum absolute atomic E-state index is 6.41. The Hall–Kier alpha value is -4.57. The van der Waals surface area contributed by atoms with Crippen molar-refractivity contribution in [2.24, 2.45) is 0 Å². The van der Waals surface area contributed by atoms with Gasteiger partial charge in [-0.1, -0.05) is 69.3 Å². The molecular formula is C34H30N2O2. The molecule has 0 N–H and O–H groups in total. The average molecular weight is 499 g/mol. The summed E-state index contributed by atoms with van der Waals surface area (Å²) in [5, 5.41) is 2.36. The molecule has 2 aromatic heterocycles. The molecular weight excluding hydrogens is 468 g/mol. The normalized spacial score (nSPS) is 11.7. The van der Waals surface area contributed by atoms with Crippen LogP contribution in [-0.4, -0.2) is 16.7 Å². The van der Waals surface area contributed by atoms with E-state index in [1.54, 1.807) is 7.11 Å². The van der Waals surface area contributed by atoms with E-state index in [-0.39, 0.29) is 5.41 Å². The van der Waals surface area contributed by atoms with Crippen molar-refractivity contribution in [3.05, 3.63) is 115 Å². The maximum Gasteiger partial charge on any atom is 0.137 e. The van der Waals surface area contributed by atoms with Crippen molar-refractivity contribution in [1.82, 2.24) is 9.55 Å². The van der Waals surface area contributed by atoms with E-state index in [9.17, 15) is 0 Å². The van der Waals surface area contributed by atoms with Crippen molar-refractivity contribution in [1.29, 1.82) is 0 Å². The summed E-state index contributed by atoms with van der Waals surface area (Å²) in [7, 11) is 1.69. The fourth-order valence-electron chi connectivity index (χ4n) is 5.01. The highest BCUT2D eigenvalue weighted by Gasteiger charge is 2.18. The van der Waals surface area contributed by atoms with Crippen LogP contribution < -0.4 is 9.47 Å². The first-order valence-electron chi connectivity index (χ1n) is 12.8. The summed E-state index contributed by atoms with van der Waals surface area (Å²) in [6, 6.07) is 35.2. The Morgan fingerprint density at radius 1 is 0.684 bits per heavy atom. The molecule has 4 nitrogen and oxygen atoms in total. The number of pyridine rings is 1. The summed E-state index contributed by atoms with van der Waals surface area (Å²) < 4.78 is 14.2. The highest BCUT2D eigenvalue weighted by molar-refractivity contribution is 6.09. The van der Waals surface area contributed by atoms with Crippen molar-refractivity contribution >= 4 is 21.8 Å². The third-order valence-corrected chi connectivity index (χ3v) is 6.97. The van der Waals surface area contributed by atoms with E-state index >= 15 is 0 Å². The van der Waals surface area contributed by atoms with Gasteiger partial charge in [0.2, 0.25) is 0 Å². The molecule has 0 saturated carbocycles. The zero-order valence-electron chi connectivity index (χ0n) is 22.1. The topological polar surface area (TPSA) is 36.3 Å². The van der Waals surface area contributed by atoms with Gasteiger partial charge in [0.15, 0.2) is 0 Å². The molecule has 0 aliphatic rings. The summed E-state index contributed by atoms with van der Waals surface area (Å²) in [5.41, 5.74) is 5.52. The van der Waals surface area contributed by atoms with Gasteiger partial charge in [-0.2, -0.15) is 0 Å². The minimum Gasteiger partial charge on any atom is -0.496 e. The second kappa shape index (κ2) is 9.38. The summed E-state index contributed by atoms with van der Waals surface area (Å²) in [4.78, 5) is 4.78. The number of ether oxygens (including phenoxy) is 2. The van der Waals surface area contributed by atoms with Gasteiger partial charge in [-0.15, -0.1) is 0 Å². The zero-order chi connectivity index (χ0) is 26.3. The number of rotatable bonds is 5. The van der Waals surface area contributed by atoms with Crippen molar-refractivity contribution in [2.45, 2.75) is 26.2 Å². The molecule has 0 amide bonds. The molecule has 0 saturated heterocycles. The number of benzene rings is 4. The summed E-state index contributed by atoms with van der Waals surface area (Å²) >= 11 is 0. The van der Waals surface area contributed by atoms with E-state index in [1.807, 2.05) is 48.7 Å². The first-order chi connectivity index (χ1) is 18.4. The van der Waals surface area contributed by atoms with Crippen LogP contribution >= 0.6 is 0 Å². The molecule has 0 bridgehead atoms. The third-order valence-electron chi connectivity index (χ3n) is 6.97. The Morgan fingerprint density at radius 3 is 2.29 bits per heavy atom. The second-order valence-electron chi connectivity index (χ2n) is 10.5. The summed E-state index contributed by atoms with van der Waals surface area (Å²) in [6.07, 6.45) is 1.90. The van der Waals surface area contributed by atoms with Crippen molar-refractivity contribution in [3.8, 4) is 34.2 Å². The van der Waals surface area contributed by atoms with Gasteiger partial charge in [-0.25, -0.2) is 4.98 Å². The first kappa shape index (κ1) is 23.8. The van der Waals surface area contributed by atoms with E-state index in [0.29, 0.717) is 0 Å². The largest absolute Gasteiger partial charge is 0.496 e. The van der Waals surface area contributed by atoms with E-state index in [1.165, 1.54) is 16.3 Å². The van der Waals surface area contributed by atoms with Gasteiger partial charge >= 0.3 is 0 Å². The lowest BCUT2D eigenvalue weighted by Crippen LogP contribution is -2.12. The number of nitrogens with zero attached hydrogens (tertiary/aromatic N) is 2. The smallest absolute Gasteiger partial charge is 0.137 e. The number of hydrogen-bond acceptors (Lipinski definition) is 3. The van der Waals surface area contributed by atoms with Crippen LogP contribution in [0.25, 0.3) is 38.8 Å². The van der Waals surface area contributed by atoms with Crippen LogP contribution in [0.5, 0.6) is 17.2 Å². The van der Waals surface area contributed by atoms with E-state index in [2.05, 4.69) is 86.0 Å². The molecule has 4 heteroatoms. The van der Waals surface area contributed by atoms with Crippen LogP contribution in [0.1, 0.15) is 26.3 Å². The maximum atomic E-state index is 6.41. The lowest BCUT2D eigenvalue weighted by molar-refractivity contribution is 0.416. The SMILES string of the molecule is COc1ccccc1-c1cccc(Oc2ccc3c4ccccc4n(-c4cc(C(C)(C)C)ccn4)c3c2)c1. The molecule has 0 radical (unpaired) electrons. The number of para-hydroxylation sites is 2. The molecule has 6 rings (SSSR count). The Labute approximate surface area is 223 Å². The molecule has 0 unspecified atom stereocenters. The average Bonchev–Trinajstić information content (AvgIpc) is 3.26. The number of hydrogen-bond donors (Lipinski definition) is 0. The second-order valence-corrected chi connectivity index (χ2v) is 10.5. The van der Waals surface area contributed by atoms with Crippen LogP contribution in [-0.2, 0) is 5.41 Å². The van der Waals surface area contributed by atoms with E-state index in [0.717, 1.165) is 45.2 Å². The van der Waals surface area contributed by atoms with Gasteiger partial charge in [0.25, 0.3) is 0 Å². The standard InChI is InChI=1S/C34H30N2O2/c1-34(2,3)24-18-19-35-33(21-24)36-30-14-7-5-13-28(30)29-17-16-26(22-31(29)36)38-25-11-9-10-23(20-25)27-12-6-8-15-32(27)37-4/h5-22H,1-4H3. The predicted octanol–water partition coefficient (Wildman–Crippen LogP) is 8.94. The fourth-order valence-corrected chi connectivity index (χ4v) is 5.01.